The Balaban J connectivity index is 2.14. The Bertz CT molecular complexity index is 501. The van der Waals surface area contributed by atoms with Crippen LogP contribution in [0.2, 0.25) is 0 Å². The molecule has 0 amide bonds. The summed E-state index contributed by atoms with van der Waals surface area (Å²) in [5.41, 5.74) is 7.51. The highest BCUT2D eigenvalue weighted by Gasteiger charge is 2.34. The van der Waals surface area contributed by atoms with Crippen molar-refractivity contribution in [2.45, 2.75) is 24.8 Å². The molecule has 1 fully saturated rings. The number of hydrogen-bond acceptors (Lipinski definition) is 2. The topological polar surface area (TPSA) is 38.9 Å². The van der Waals surface area contributed by atoms with Crippen LogP contribution in [-0.2, 0) is 5.54 Å². The van der Waals surface area contributed by atoms with Gasteiger partial charge in [0.2, 0.25) is 0 Å². The molecule has 1 aliphatic rings. The van der Waals surface area contributed by atoms with Crippen molar-refractivity contribution in [1.82, 2.24) is 4.98 Å². The van der Waals surface area contributed by atoms with Crippen molar-refractivity contribution in [1.29, 1.82) is 0 Å². The molecule has 0 spiro atoms. The van der Waals surface area contributed by atoms with Gasteiger partial charge in [0.05, 0.1) is 0 Å². The average molecular weight is 198 g/mol. The molecule has 1 saturated carbocycles. The summed E-state index contributed by atoms with van der Waals surface area (Å²) in [5.74, 6) is 0. The SMILES string of the molecule is NC1(c2ccc3cnccc3c2)CCC1. The predicted molar refractivity (Wildman–Crippen MR) is 61.5 cm³/mol. The van der Waals surface area contributed by atoms with E-state index in [4.69, 9.17) is 5.73 Å². The lowest BCUT2D eigenvalue weighted by Crippen LogP contribution is -2.43. The fourth-order valence-corrected chi connectivity index (χ4v) is 2.24. The standard InChI is InChI=1S/C13H14N2/c14-13(5-1-6-13)12-3-2-11-9-15-7-4-10(11)8-12/h2-4,7-9H,1,5-6,14H2. The first-order valence-electron chi connectivity index (χ1n) is 5.41. The molecule has 2 aromatic rings. The molecule has 2 nitrogen and oxygen atoms in total. The minimum Gasteiger partial charge on any atom is -0.321 e. The summed E-state index contributed by atoms with van der Waals surface area (Å²) in [6, 6.07) is 8.50. The maximum Gasteiger partial charge on any atom is 0.0409 e. The summed E-state index contributed by atoms with van der Waals surface area (Å²) in [4.78, 5) is 4.11. The Morgan fingerprint density at radius 3 is 2.73 bits per heavy atom. The number of nitrogens with zero attached hydrogens (tertiary/aromatic N) is 1. The van der Waals surface area contributed by atoms with Crippen LogP contribution in [0.1, 0.15) is 24.8 Å². The van der Waals surface area contributed by atoms with Gasteiger partial charge in [0.1, 0.15) is 0 Å². The largest absolute Gasteiger partial charge is 0.321 e. The van der Waals surface area contributed by atoms with E-state index < -0.39 is 0 Å². The second kappa shape index (κ2) is 3.04. The van der Waals surface area contributed by atoms with E-state index in [0.29, 0.717) is 0 Å². The molecular formula is C13H14N2. The van der Waals surface area contributed by atoms with E-state index in [1.165, 1.54) is 22.8 Å². The number of aromatic nitrogens is 1. The van der Waals surface area contributed by atoms with Gasteiger partial charge in [-0.25, -0.2) is 0 Å². The van der Waals surface area contributed by atoms with Crippen LogP contribution in [0.4, 0.5) is 0 Å². The van der Waals surface area contributed by atoms with Gasteiger partial charge in [-0.2, -0.15) is 0 Å². The number of pyridine rings is 1. The van der Waals surface area contributed by atoms with Gasteiger partial charge in [-0.05, 0) is 42.3 Å². The van der Waals surface area contributed by atoms with E-state index in [1.807, 2.05) is 18.5 Å². The van der Waals surface area contributed by atoms with Crippen molar-refractivity contribution in [2.75, 3.05) is 0 Å². The molecule has 0 saturated heterocycles. The van der Waals surface area contributed by atoms with Crippen molar-refractivity contribution in [3.63, 3.8) is 0 Å². The summed E-state index contributed by atoms with van der Waals surface area (Å²) in [6.07, 6.45) is 7.21. The smallest absolute Gasteiger partial charge is 0.0409 e. The second-order valence-corrected chi connectivity index (χ2v) is 4.45. The summed E-state index contributed by atoms with van der Waals surface area (Å²) in [7, 11) is 0. The number of nitrogens with two attached hydrogens (primary N) is 1. The monoisotopic (exact) mass is 198 g/mol. The summed E-state index contributed by atoms with van der Waals surface area (Å²) in [6.45, 7) is 0. The van der Waals surface area contributed by atoms with Gasteiger partial charge in [0, 0.05) is 23.3 Å². The van der Waals surface area contributed by atoms with Crippen molar-refractivity contribution < 1.29 is 0 Å². The van der Waals surface area contributed by atoms with Crippen molar-refractivity contribution >= 4 is 10.8 Å². The molecule has 0 aliphatic heterocycles. The van der Waals surface area contributed by atoms with Crippen LogP contribution >= 0.6 is 0 Å². The van der Waals surface area contributed by atoms with Gasteiger partial charge in [-0.1, -0.05) is 12.1 Å². The lowest BCUT2D eigenvalue weighted by Gasteiger charge is -2.38. The van der Waals surface area contributed by atoms with Gasteiger partial charge in [0.15, 0.2) is 0 Å². The highest BCUT2D eigenvalue weighted by atomic mass is 14.8. The van der Waals surface area contributed by atoms with Gasteiger partial charge in [-0.3, -0.25) is 4.98 Å². The van der Waals surface area contributed by atoms with Crippen LogP contribution in [0.15, 0.2) is 36.7 Å². The van der Waals surface area contributed by atoms with Gasteiger partial charge < -0.3 is 5.73 Å². The van der Waals surface area contributed by atoms with Gasteiger partial charge in [-0.15, -0.1) is 0 Å². The summed E-state index contributed by atoms with van der Waals surface area (Å²) < 4.78 is 0. The molecule has 3 rings (SSSR count). The molecule has 0 bridgehead atoms. The summed E-state index contributed by atoms with van der Waals surface area (Å²) in [5, 5.41) is 2.42. The average Bonchev–Trinajstić information content (AvgIpc) is 2.25. The molecule has 0 unspecified atom stereocenters. The summed E-state index contributed by atoms with van der Waals surface area (Å²) >= 11 is 0. The van der Waals surface area contributed by atoms with E-state index in [9.17, 15) is 0 Å². The van der Waals surface area contributed by atoms with E-state index in [0.717, 1.165) is 12.8 Å². The fraction of sp³-hybridized carbons (Fsp3) is 0.308. The molecule has 1 aromatic heterocycles. The van der Waals surface area contributed by atoms with Crippen LogP contribution in [0.5, 0.6) is 0 Å². The van der Waals surface area contributed by atoms with E-state index >= 15 is 0 Å². The highest BCUT2D eigenvalue weighted by molar-refractivity contribution is 5.82. The zero-order valence-corrected chi connectivity index (χ0v) is 8.61. The molecule has 1 aliphatic carbocycles. The minimum absolute atomic E-state index is 0.0581. The zero-order valence-electron chi connectivity index (χ0n) is 8.61. The Hall–Kier alpha value is -1.41. The Labute approximate surface area is 89.1 Å². The fourth-order valence-electron chi connectivity index (χ4n) is 2.24. The van der Waals surface area contributed by atoms with Gasteiger partial charge in [0.25, 0.3) is 0 Å². The maximum atomic E-state index is 6.30. The Morgan fingerprint density at radius 2 is 2.00 bits per heavy atom. The van der Waals surface area contributed by atoms with Crippen LogP contribution in [-0.4, -0.2) is 4.98 Å². The van der Waals surface area contributed by atoms with Crippen molar-refractivity contribution in [2.24, 2.45) is 5.73 Å². The predicted octanol–water partition coefficient (Wildman–Crippen LogP) is 2.57. The van der Waals surface area contributed by atoms with Crippen LogP contribution < -0.4 is 5.73 Å². The van der Waals surface area contributed by atoms with E-state index in [2.05, 4.69) is 23.2 Å². The Kier molecular flexibility index (Phi) is 1.80. The lowest BCUT2D eigenvalue weighted by molar-refractivity contribution is 0.254. The van der Waals surface area contributed by atoms with E-state index in [1.54, 1.807) is 0 Å². The normalized spacial score (nSPS) is 18.7. The quantitative estimate of drug-likeness (QED) is 0.764. The van der Waals surface area contributed by atoms with Crippen molar-refractivity contribution in [3.05, 3.63) is 42.2 Å². The third-order valence-electron chi connectivity index (χ3n) is 3.46. The molecule has 0 radical (unpaired) electrons. The molecule has 1 heterocycles. The first kappa shape index (κ1) is 8.86. The zero-order chi connectivity index (χ0) is 10.3. The molecule has 15 heavy (non-hydrogen) atoms. The van der Waals surface area contributed by atoms with Crippen molar-refractivity contribution in [3.8, 4) is 0 Å². The van der Waals surface area contributed by atoms with Crippen LogP contribution in [0.3, 0.4) is 0 Å². The van der Waals surface area contributed by atoms with Gasteiger partial charge >= 0.3 is 0 Å². The third-order valence-corrected chi connectivity index (χ3v) is 3.46. The molecular weight excluding hydrogens is 184 g/mol. The minimum atomic E-state index is -0.0581. The van der Waals surface area contributed by atoms with Crippen LogP contribution in [0.25, 0.3) is 10.8 Å². The number of hydrogen-bond donors (Lipinski definition) is 1. The molecule has 76 valence electrons. The maximum absolute atomic E-state index is 6.30. The van der Waals surface area contributed by atoms with E-state index in [-0.39, 0.29) is 5.54 Å². The molecule has 0 atom stereocenters. The number of rotatable bonds is 1. The lowest BCUT2D eigenvalue weighted by atomic mass is 9.72. The highest BCUT2D eigenvalue weighted by Crippen LogP contribution is 2.39. The second-order valence-electron chi connectivity index (χ2n) is 4.45. The molecule has 1 aromatic carbocycles. The number of benzene rings is 1. The first-order valence-corrected chi connectivity index (χ1v) is 5.41. The first-order chi connectivity index (χ1) is 7.28. The Morgan fingerprint density at radius 1 is 1.13 bits per heavy atom. The number of fused-ring (bicyclic) bond motifs is 1. The third kappa shape index (κ3) is 1.33. The molecule has 2 heteroatoms. The molecule has 2 N–H and O–H groups in total. The van der Waals surface area contributed by atoms with Crippen LogP contribution in [0, 0.1) is 0 Å².